The maximum Gasteiger partial charge on any atom is 0.215 e. The molecule has 0 aliphatic heterocycles. The van der Waals surface area contributed by atoms with E-state index in [1.54, 1.807) is 19.2 Å². The highest BCUT2D eigenvalue weighted by molar-refractivity contribution is 5.71. The molecule has 0 spiro atoms. The molecule has 0 amide bonds. The van der Waals surface area contributed by atoms with Crippen LogP contribution >= 0.6 is 0 Å². The van der Waals surface area contributed by atoms with Crippen LogP contribution in [0.3, 0.4) is 0 Å². The minimum absolute atomic E-state index is 0.553. The van der Waals surface area contributed by atoms with Crippen molar-refractivity contribution in [2.75, 3.05) is 24.8 Å². The third-order valence-electron chi connectivity index (χ3n) is 2.55. The minimum Gasteiger partial charge on any atom is -0.481 e. The summed E-state index contributed by atoms with van der Waals surface area (Å²) in [6, 6.07) is 13.5. The lowest BCUT2D eigenvalue weighted by Gasteiger charge is -2.20. The molecular weight excluding hydrogens is 214 g/mol. The van der Waals surface area contributed by atoms with Gasteiger partial charge in [0, 0.05) is 18.8 Å². The molecule has 0 unspecified atom stereocenters. The maximum atomic E-state index is 5.92. The molecule has 1 heterocycles. The molecule has 1 aromatic carbocycles. The van der Waals surface area contributed by atoms with E-state index >= 15 is 0 Å². The number of nitrogens with zero attached hydrogens (tertiary/aromatic N) is 2. The average molecular weight is 229 g/mol. The molecule has 4 nitrogen and oxygen atoms in total. The largest absolute Gasteiger partial charge is 0.481 e. The highest BCUT2D eigenvalue weighted by atomic mass is 16.5. The number of methoxy groups -OCH3 is 1. The number of benzene rings is 1. The van der Waals surface area contributed by atoms with Gasteiger partial charge in [0.2, 0.25) is 5.88 Å². The Bertz CT molecular complexity index is 499. The molecule has 88 valence electrons. The summed E-state index contributed by atoms with van der Waals surface area (Å²) < 4.78 is 5.10. The van der Waals surface area contributed by atoms with Gasteiger partial charge in [-0.05, 0) is 18.2 Å². The van der Waals surface area contributed by atoms with E-state index in [2.05, 4.69) is 4.98 Å². The van der Waals surface area contributed by atoms with Crippen molar-refractivity contribution in [1.82, 2.24) is 4.98 Å². The molecule has 2 N–H and O–H groups in total. The molecule has 0 aliphatic rings. The summed E-state index contributed by atoms with van der Waals surface area (Å²) in [5.41, 5.74) is 7.57. The van der Waals surface area contributed by atoms with Crippen LogP contribution in [0.4, 0.5) is 17.2 Å². The zero-order valence-electron chi connectivity index (χ0n) is 9.92. The molecule has 0 bridgehead atoms. The zero-order valence-corrected chi connectivity index (χ0v) is 9.92. The van der Waals surface area contributed by atoms with Gasteiger partial charge in [0.15, 0.2) is 5.82 Å². The third kappa shape index (κ3) is 2.30. The molecule has 0 saturated carbocycles. The molecular formula is C13H15N3O. The predicted molar refractivity (Wildman–Crippen MR) is 69.7 cm³/mol. The second-order valence-electron chi connectivity index (χ2n) is 3.66. The van der Waals surface area contributed by atoms with Gasteiger partial charge >= 0.3 is 0 Å². The van der Waals surface area contributed by atoms with Gasteiger partial charge in [0.1, 0.15) is 0 Å². The van der Waals surface area contributed by atoms with Gasteiger partial charge in [-0.2, -0.15) is 4.98 Å². The van der Waals surface area contributed by atoms with Crippen LogP contribution in [0.2, 0.25) is 0 Å². The van der Waals surface area contributed by atoms with Crippen LogP contribution in [-0.4, -0.2) is 19.1 Å². The van der Waals surface area contributed by atoms with Gasteiger partial charge in [0.05, 0.1) is 12.8 Å². The smallest absolute Gasteiger partial charge is 0.215 e. The Balaban J connectivity index is 2.40. The SMILES string of the molecule is COc1ccc(N)c(N(C)c2ccccc2)n1. The summed E-state index contributed by atoms with van der Waals surface area (Å²) in [5.74, 6) is 1.24. The topological polar surface area (TPSA) is 51.4 Å². The molecule has 0 aliphatic carbocycles. The Labute approximate surface area is 101 Å². The summed E-state index contributed by atoms with van der Waals surface area (Å²) in [7, 11) is 3.51. The number of nitrogen functional groups attached to an aromatic ring is 1. The van der Waals surface area contributed by atoms with Crippen molar-refractivity contribution < 1.29 is 4.74 Å². The van der Waals surface area contributed by atoms with Crippen LogP contribution in [0, 0.1) is 0 Å². The van der Waals surface area contributed by atoms with E-state index in [1.165, 1.54) is 0 Å². The van der Waals surface area contributed by atoms with Crippen molar-refractivity contribution in [1.29, 1.82) is 0 Å². The van der Waals surface area contributed by atoms with Crippen molar-refractivity contribution in [2.24, 2.45) is 0 Å². The Morgan fingerprint density at radius 2 is 1.82 bits per heavy atom. The fourth-order valence-corrected chi connectivity index (χ4v) is 1.60. The van der Waals surface area contributed by atoms with Crippen molar-refractivity contribution in [3.8, 4) is 5.88 Å². The van der Waals surface area contributed by atoms with Gasteiger partial charge in [-0.15, -0.1) is 0 Å². The van der Waals surface area contributed by atoms with E-state index in [4.69, 9.17) is 10.5 Å². The van der Waals surface area contributed by atoms with E-state index in [0.29, 0.717) is 17.4 Å². The molecule has 2 rings (SSSR count). The maximum absolute atomic E-state index is 5.92. The second-order valence-corrected chi connectivity index (χ2v) is 3.66. The van der Waals surface area contributed by atoms with Crippen LogP contribution in [0.25, 0.3) is 0 Å². The van der Waals surface area contributed by atoms with Crippen LogP contribution in [0.1, 0.15) is 0 Å². The number of nitrogens with two attached hydrogens (primary N) is 1. The lowest BCUT2D eigenvalue weighted by atomic mass is 10.3. The summed E-state index contributed by atoms with van der Waals surface area (Å²) in [6.45, 7) is 0. The summed E-state index contributed by atoms with van der Waals surface area (Å²) in [6.07, 6.45) is 0. The van der Waals surface area contributed by atoms with E-state index in [0.717, 1.165) is 5.69 Å². The Kier molecular flexibility index (Phi) is 3.14. The molecule has 0 atom stereocenters. The number of ether oxygens (including phenoxy) is 1. The van der Waals surface area contributed by atoms with Crippen molar-refractivity contribution in [3.63, 3.8) is 0 Å². The quantitative estimate of drug-likeness (QED) is 0.878. The Morgan fingerprint density at radius 1 is 1.12 bits per heavy atom. The van der Waals surface area contributed by atoms with Gasteiger partial charge in [0.25, 0.3) is 0 Å². The monoisotopic (exact) mass is 229 g/mol. The highest BCUT2D eigenvalue weighted by Gasteiger charge is 2.10. The standard InChI is InChI=1S/C13H15N3O/c1-16(10-6-4-3-5-7-10)13-11(14)8-9-12(15-13)17-2/h3-9H,14H2,1-2H3. The molecule has 0 fully saturated rings. The summed E-state index contributed by atoms with van der Waals surface area (Å²) in [5, 5.41) is 0. The van der Waals surface area contributed by atoms with Crippen molar-refractivity contribution >= 4 is 17.2 Å². The normalized spacial score (nSPS) is 10.0. The number of anilines is 3. The van der Waals surface area contributed by atoms with Crippen LogP contribution in [0.15, 0.2) is 42.5 Å². The van der Waals surface area contributed by atoms with E-state index < -0.39 is 0 Å². The highest BCUT2D eigenvalue weighted by Crippen LogP contribution is 2.28. The first-order chi connectivity index (χ1) is 8.22. The number of aromatic nitrogens is 1. The van der Waals surface area contributed by atoms with Crippen LogP contribution in [-0.2, 0) is 0 Å². The number of rotatable bonds is 3. The van der Waals surface area contributed by atoms with Gasteiger partial charge in [-0.3, -0.25) is 0 Å². The molecule has 0 radical (unpaired) electrons. The lowest BCUT2D eigenvalue weighted by Crippen LogP contribution is -2.13. The number of pyridine rings is 1. The summed E-state index contributed by atoms with van der Waals surface area (Å²) in [4.78, 5) is 6.27. The molecule has 17 heavy (non-hydrogen) atoms. The van der Waals surface area contributed by atoms with E-state index in [9.17, 15) is 0 Å². The fourth-order valence-electron chi connectivity index (χ4n) is 1.60. The van der Waals surface area contributed by atoms with E-state index in [1.807, 2.05) is 42.3 Å². The first kappa shape index (κ1) is 11.3. The minimum atomic E-state index is 0.553. The first-order valence-corrected chi connectivity index (χ1v) is 5.31. The Morgan fingerprint density at radius 3 is 2.47 bits per heavy atom. The molecule has 4 heteroatoms. The van der Waals surface area contributed by atoms with Gasteiger partial charge in [-0.1, -0.05) is 18.2 Å². The van der Waals surface area contributed by atoms with Gasteiger partial charge in [-0.25, -0.2) is 0 Å². The van der Waals surface area contributed by atoms with Crippen molar-refractivity contribution in [3.05, 3.63) is 42.5 Å². The van der Waals surface area contributed by atoms with E-state index in [-0.39, 0.29) is 0 Å². The number of para-hydroxylation sites is 1. The van der Waals surface area contributed by atoms with Crippen molar-refractivity contribution in [2.45, 2.75) is 0 Å². The second kappa shape index (κ2) is 4.74. The molecule has 0 saturated heterocycles. The zero-order chi connectivity index (χ0) is 12.3. The Hall–Kier alpha value is -2.23. The third-order valence-corrected chi connectivity index (χ3v) is 2.55. The molecule has 1 aromatic heterocycles. The van der Waals surface area contributed by atoms with Crippen LogP contribution < -0.4 is 15.4 Å². The number of hydrogen-bond acceptors (Lipinski definition) is 4. The lowest BCUT2D eigenvalue weighted by molar-refractivity contribution is 0.398. The first-order valence-electron chi connectivity index (χ1n) is 5.31. The number of hydrogen-bond donors (Lipinski definition) is 1. The molecule has 2 aromatic rings. The fraction of sp³-hybridized carbons (Fsp3) is 0.154. The summed E-state index contributed by atoms with van der Waals surface area (Å²) >= 11 is 0. The van der Waals surface area contributed by atoms with Gasteiger partial charge < -0.3 is 15.4 Å². The average Bonchev–Trinajstić information content (AvgIpc) is 2.39. The van der Waals surface area contributed by atoms with Crippen LogP contribution in [0.5, 0.6) is 5.88 Å². The predicted octanol–water partition coefficient (Wildman–Crippen LogP) is 2.44.